The molecule has 0 radical (unpaired) electrons. The van der Waals surface area contributed by atoms with Crippen LogP contribution < -0.4 is 5.32 Å². The van der Waals surface area contributed by atoms with Gasteiger partial charge in [-0.2, -0.15) is 0 Å². The van der Waals surface area contributed by atoms with Gasteiger partial charge in [0.1, 0.15) is 18.8 Å². The Bertz CT molecular complexity index is 1160. The Morgan fingerprint density at radius 1 is 0.875 bits per heavy atom. The predicted octanol–water partition coefficient (Wildman–Crippen LogP) is 0.262. The molecule has 0 unspecified atom stereocenters. The number of nitrogens with one attached hydrogen (secondary N) is 1. The van der Waals surface area contributed by atoms with Gasteiger partial charge in [0, 0.05) is 33.6 Å². The number of hydrogen-bond acceptors (Lipinski definition) is 12. The molecule has 1 aromatic rings. The molecule has 3 rings (SSSR count). The van der Waals surface area contributed by atoms with E-state index in [1.165, 1.54) is 19.2 Å². The highest BCUT2D eigenvalue weighted by Gasteiger charge is 2.57. The van der Waals surface area contributed by atoms with Gasteiger partial charge < -0.3 is 29.0 Å². The Labute approximate surface area is 229 Å². The van der Waals surface area contributed by atoms with Gasteiger partial charge in [0.2, 0.25) is 5.91 Å². The number of esters is 4. The average Bonchev–Trinajstić information content (AvgIpc) is 3.13. The van der Waals surface area contributed by atoms with E-state index in [0.29, 0.717) is 0 Å². The maximum atomic E-state index is 13.4. The first-order chi connectivity index (χ1) is 18.9. The van der Waals surface area contributed by atoms with Crippen molar-refractivity contribution in [3.63, 3.8) is 0 Å². The van der Waals surface area contributed by atoms with E-state index in [4.69, 9.17) is 18.9 Å². The third-order valence-corrected chi connectivity index (χ3v) is 6.15. The van der Waals surface area contributed by atoms with Crippen molar-refractivity contribution in [3.8, 4) is 0 Å². The molecule has 14 nitrogen and oxygen atoms in total. The second kappa shape index (κ2) is 13.2. The van der Waals surface area contributed by atoms with Crippen molar-refractivity contribution in [2.75, 3.05) is 13.7 Å². The number of fused-ring (bicyclic) bond motifs is 1. The van der Waals surface area contributed by atoms with Crippen molar-refractivity contribution in [1.82, 2.24) is 10.2 Å². The number of methoxy groups -OCH3 is 1. The van der Waals surface area contributed by atoms with Gasteiger partial charge in [0.05, 0.1) is 18.2 Å². The van der Waals surface area contributed by atoms with Crippen LogP contribution in [0.5, 0.6) is 0 Å². The Balaban J connectivity index is 2.04. The molecule has 1 saturated heterocycles. The summed E-state index contributed by atoms with van der Waals surface area (Å²) >= 11 is 0. The van der Waals surface area contributed by atoms with Gasteiger partial charge in [-0.05, 0) is 18.6 Å². The third-order valence-electron chi connectivity index (χ3n) is 6.15. The smallest absolute Gasteiger partial charge is 0.305 e. The third kappa shape index (κ3) is 7.00. The molecule has 0 aromatic heterocycles. The maximum Gasteiger partial charge on any atom is 0.305 e. The fourth-order valence-corrected chi connectivity index (χ4v) is 4.53. The van der Waals surface area contributed by atoms with E-state index in [-0.39, 0.29) is 30.4 Å². The fraction of sp³-hybridized carbons (Fsp3) is 0.500. The minimum atomic E-state index is -1.53. The highest BCUT2D eigenvalue weighted by Crippen LogP contribution is 2.34. The van der Waals surface area contributed by atoms with Crippen LogP contribution in [-0.4, -0.2) is 90.8 Å². The number of carbonyl (C=O) groups is 7. The zero-order valence-electron chi connectivity index (χ0n) is 22.4. The van der Waals surface area contributed by atoms with Crippen LogP contribution in [0, 0.1) is 0 Å². The molecule has 0 spiro atoms. The Kier molecular flexibility index (Phi) is 9.93. The summed E-state index contributed by atoms with van der Waals surface area (Å²) in [4.78, 5) is 87.8. The number of imide groups is 1. The van der Waals surface area contributed by atoms with Crippen LogP contribution in [0.2, 0.25) is 0 Å². The van der Waals surface area contributed by atoms with Gasteiger partial charge in [-0.25, -0.2) is 0 Å². The normalized spacial score (nSPS) is 23.6. The highest BCUT2D eigenvalue weighted by molar-refractivity contribution is 6.21. The summed E-state index contributed by atoms with van der Waals surface area (Å²) in [6.45, 7) is 2.81. The molecule has 2 aliphatic heterocycles. The highest BCUT2D eigenvalue weighted by atomic mass is 16.6. The van der Waals surface area contributed by atoms with Crippen LogP contribution in [-0.2, 0) is 47.7 Å². The lowest BCUT2D eigenvalue weighted by molar-refractivity contribution is -0.234. The number of carbonyl (C=O) groups excluding carboxylic acids is 7. The molecule has 14 heteroatoms. The van der Waals surface area contributed by atoms with Crippen molar-refractivity contribution < 1.29 is 57.2 Å². The van der Waals surface area contributed by atoms with E-state index in [2.05, 4.69) is 10.1 Å². The lowest BCUT2D eigenvalue weighted by Gasteiger charge is -2.47. The summed E-state index contributed by atoms with van der Waals surface area (Å²) in [6.07, 6.45) is -5.83. The number of amides is 3. The fourth-order valence-electron chi connectivity index (χ4n) is 4.53. The number of benzene rings is 1. The zero-order chi connectivity index (χ0) is 29.6. The molecule has 0 aliphatic carbocycles. The monoisotopic (exact) mass is 562 g/mol. The van der Waals surface area contributed by atoms with E-state index in [0.717, 1.165) is 25.7 Å². The maximum absolute atomic E-state index is 13.4. The summed E-state index contributed by atoms with van der Waals surface area (Å²) < 4.78 is 26.5. The molecule has 40 heavy (non-hydrogen) atoms. The van der Waals surface area contributed by atoms with Gasteiger partial charge in [-0.15, -0.1) is 0 Å². The van der Waals surface area contributed by atoms with Crippen LogP contribution in [0.1, 0.15) is 60.7 Å². The summed E-state index contributed by atoms with van der Waals surface area (Å²) in [7, 11) is 1.21. The number of hydrogen-bond donors (Lipinski definition) is 1. The number of rotatable bonds is 10. The van der Waals surface area contributed by atoms with Crippen LogP contribution in [0.3, 0.4) is 0 Å². The predicted molar refractivity (Wildman–Crippen MR) is 131 cm³/mol. The standard InChI is InChI=1S/C26H30N2O12/c1-13(29)37-12-18-22(38-14(2)30)23(39-15(3)31)21(24(40-18)27-19(32)10-7-11-20(33)36-4)28-25(34)16-8-5-6-9-17(16)26(28)35/h5-6,8-9,18,21-24H,7,10-12H2,1-4H3,(H,27,32)/t18-,21-,22-,23-,24-/m1/s1. The first-order valence-corrected chi connectivity index (χ1v) is 12.4. The molecule has 2 heterocycles. The largest absolute Gasteiger partial charge is 0.469 e. The first kappa shape index (κ1) is 30.2. The SMILES string of the molecule is COC(=O)CCCC(=O)N[C@@H]1O[C@H](COC(C)=O)[C@@H](OC(C)=O)[C@H](OC(C)=O)[C@H]1N1C(=O)c2ccccc2C1=O. The molecule has 216 valence electrons. The molecule has 3 amide bonds. The Hall–Kier alpha value is -4.33. The molecule has 2 aliphatic rings. The Morgan fingerprint density at radius 3 is 1.98 bits per heavy atom. The summed E-state index contributed by atoms with van der Waals surface area (Å²) in [5.41, 5.74) is 0.145. The first-order valence-electron chi connectivity index (χ1n) is 12.4. The van der Waals surface area contributed by atoms with Crippen molar-refractivity contribution in [2.45, 2.75) is 70.6 Å². The summed E-state index contributed by atoms with van der Waals surface area (Å²) in [6, 6.07) is 4.50. The van der Waals surface area contributed by atoms with Crippen LogP contribution in [0.4, 0.5) is 0 Å². The van der Waals surface area contributed by atoms with Crippen LogP contribution in [0.15, 0.2) is 24.3 Å². The van der Waals surface area contributed by atoms with E-state index >= 15 is 0 Å². The minimum Gasteiger partial charge on any atom is -0.469 e. The van der Waals surface area contributed by atoms with Crippen molar-refractivity contribution in [1.29, 1.82) is 0 Å². The van der Waals surface area contributed by atoms with Crippen LogP contribution >= 0.6 is 0 Å². The second-order valence-corrected chi connectivity index (χ2v) is 9.06. The van der Waals surface area contributed by atoms with E-state index in [1.807, 2.05) is 0 Å². The van der Waals surface area contributed by atoms with Gasteiger partial charge in [-0.1, -0.05) is 12.1 Å². The molecule has 0 bridgehead atoms. The second-order valence-electron chi connectivity index (χ2n) is 9.06. The minimum absolute atomic E-state index is 0.0447. The molecule has 1 fully saturated rings. The molecular weight excluding hydrogens is 532 g/mol. The Morgan fingerprint density at radius 2 is 1.45 bits per heavy atom. The van der Waals surface area contributed by atoms with Gasteiger partial charge in [-0.3, -0.25) is 38.5 Å². The topological polar surface area (TPSA) is 181 Å². The van der Waals surface area contributed by atoms with E-state index in [9.17, 15) is 33.6 Å². The lowest BCUT2D eigenvalue weighted by Crippen LogP contribution is -2.70. The van der Waals surface area contributed by atoms with E-state index < -0.39 is 78.8 Å². The molecule has 1 N–H and O–H groups in total. The summed E-state index contributed by atoms with van der Waals surface area (Å²) in [5.74, 6) is -5.02. The van der Waals surface area contributed by atoms with Crippen molar-refractivity contribution in [2.24, 2.45) is 0 Å². The lowest BCUT2D eigenvalue weighted by atomic mass is 9.93. The van der Waals surface area contributed by atoms with Crippen molar-refractivity contribution in [3.05, 3.63) is 35.4 Å². The zero-order valence-corrected chi connectivity index (χ0v) is 22.4. The summed E-state index contributed by atoms with van der Waals surface area (Å²) in [5, 5.41) is 2.57. The van der Waals surface area contributed by atoms with Crippen molar-refractivity contribution >= 4 is 41.6 Å². The van der Waals surface area contributed by atoms with Gasteiger partial charge in [0.15, 0.2) is 18.4 Å². The molecule has 5 atom stereocenters. The number of nitrogens with zero attached hydrogens (tertiary/aromatic N) is 1. The molecule has 1 aromatic carbocycles. The molecular formula is C26H30N2O12. The molecule has 0 saturated carbocycles. The van der Waals surface area contributed by atoms with Crippen LogP contribution in [0.25, 0.3) is 0 Å². The number of ether oxygens (including phenoxy) is 5. The van der Waals surface area contributed by atoms with E-state index in [1.54, 1.807) is 12.1 Å². The van der Waals surface area contributed by atoms with Gasteiger partial charge in [0.25, 0.3) is 11.8 Å². The quantitative estimate of drug-likeness (QED) is 0.234. The van der Waals surface area contributed by atoms with Gasteiger partial charge >= 0.3 is 23.9 Å². The average molecular weight is 563 g/mol.